The minimum absolute atomic E-state index is 0.0318. The van der Waals surface area contributed by atoms with Crippen molar-refractivity contribution in [3.05, 3.63) is 58.6 Å². The van der Waals surface area contributed by atoms with Gasteiger partial charge in [-0.3, -0.25) is 0 Å². The third-order valence-corrected chi connectivity index (χ3v) is 5.44. The molecule has 0 spiro atoms. The standard InChI is InChI=1S/C22H27ClN2O3/c1-27-20-11-6-16(13-21(20)28-2)14-24-22(26)25-12-4-3-5-18(15-25)17-7-9-19(23)10-8-17/h6-11,13,18H,3-5,12,14-15H2,1-2H3,(H,24,26)/t18-/m1/s1. The van der Waals surface area contributed by atoms with E-state index in [0.29, 0.717) is 24.0 Å². The Morgan fingerprint density at radius 1 is 1.11 bits per heavy atom. The number of rotatable bonds is 5. The fourth-order valence-electron chi connectivity index (χ4n) is 3.61. The van der Waals surface area contributed by atoms with Gasteiger partial charge in [-0.05, 0) is 48.2 Å². The molecule has 6 heteroatoms. The Hall–Kier alpha value is -2.40. The monoisotopic (exact) mass is 402 g/mol. The molecule has 1 fully saturated rings. The highest BCUT2D eigenvalue weighted by atomic mass is 35.5. The van der Waals surface area contributed by atoms with Crippen molar-refractivity contribution in [2.75, 3.05) is 27.3 Å². The molecule has 2 aromatic carbocycles. The van der Waals surface area contributed by atoms with E-state index < -0.39 is 0 Å². The Morgan fingerprint density at radius 2 is 1.86 bits per heavy atom. The first-order chi connectivity index (χ1) is 13.6. The minimum atomic E-state index is -0.0318. The van der Waals surface area contributed by atoms with Gasteiger partial charge in [0, 0.05) is 30.6 Å². The molecule has 5 nitrogen and oxygen atoms in total. The number of carbonyl (C=O) groups is 1. The smallest absolute Gasteiger partial charge is 0.317 e. The van der Waals surface area contributed by atoms with Crippen LogP contribution < -0.4 is 14.8 Å². The van der Waals surface area contributed by atoms with Crippen LogP contribution in [-0.4, -0.2) is 38.2 Å². The summed E-state index contributed by atoms with van der Waals surface area (Å²) in [4.78, 5) is 14.7. The topological polar surface area (TPSA) is 50.8 Å². The van der Waals surface area contributed by atoms with Gasteiger partial charge in [0.1, 0.15) is 0 Å². The molecule has 1 aliphatic rings. The summed E-state index contributed by atoms with van der Waals surface area (Å²) in [6, 6.07) is 13.6. The zero-order valence-corrected chi connectivity index (χ0v) is 17.2. The number of methoxy groups -OCH3 is 2. The molecule has 0 bridgehead atoms. The number of benzene rings is 2. The molecule has 0 unspecified atom stereocenters. The van der Waals surface area contributed by atoms with Crippen molar-refractivity contribution in [2.45, 2.75) is 31.7 Å². The minimum Gasteiger partial charge on any atom is -0.493 e. The lowest BCUT2D eigenvalue weighted by Gasteiger charge is -2.25. The number of ether oxygens (including phenoxy) is 2. The number of amides is 2. The Labute approximate surface area is 171 Å². The van der Waals surface area contributed by atoms with E-state index in [1.165, 1.54) is 5.56 Å². The molecule has 1 aliphatic heterocycles. The van der Waals surface area contributed by atoms with Crippen molar-refractivity contribution in [3.63, 3.8) is 0 Å². The Balaban J connectivity index is 1.62. The molecule has 2 aromatic rings. The maximum atomic E-state index is 12.8. The van der Waals surface area contributed by atoms with Crippen LogP contribution in [0.25, 0.3) is 0 Å². The summed E-state index contributed by atoms with van der Waals surface area (Å²) < 4.78 is 10.6. The molecular formula is C22H27ClN2O3. The summed E-state index contributed by atoms with van der Waals surface area (Å²) in [5.74, 6) is 1.68. The highest BCUT2D eigenvalue weighted by molar-refractivity contribution is 6.30. The summed E-state index contributed by atoms with van der Waals surface area (Å²) in [5, 5.41) is 3.77. The number of nitrogens with zero attached hydrogens (tertiary/aromatic N) is 1. The van der Waals surface area contributed by atoms with E-state index in [1.54, 1.807) is 14.2 Å². The van der Waals surface area contributed by atoms with Crippen LogP contribution in [0.2, 0.25) is 5.02 Å². The SMILES string of the molecule is COc1ccc(CNC(=O)N2CCCC[C@@H](c3ccc(Cl)cc3)C2)cc1OC. The first kappa shape index (κ1) is 20.3. The van der Waals surface area contributed by atoms with Gasteiger partial charge in [-0.25, -0.2) is 4.79 Å². The predicted molar refractivity (Wildman–Crippen MR) is 111 cm³/mol. The van der Waals surface area contributed by atoms with Gasteiger partial charge in [0.15, 0.2) is 11.5 Å². The van der Waals surface area contributed by atoms with Crippen molar-refractivity contribution in [1.29, 1.82) is 0 Å². The second kappa shape index (κ2) is 9.69. The average molecular weight is 403 g/mol. The van der Waals surface area contributed by atoms with Gasteiger partial charge in [-0.15, -0.1) is 0 Å². The van der Waals surface area contributed by atoms with Gasteiger partial charge >= 0.3 is 6.03 Å². The largest absolute Gasteiger partial charge is 0.493 e. The van der Waals surface area contributed by atoms with Crippen molar-refractivity contribution >= 4 is 17.6 Å². The Morgan fingerprint density at radius 3 is 2.57 bits per heavy atom. The summed E-state index contributed by atoms with van der Waals surface area (Å²) in [6.07, 6.45) is 3.22. The number of carbonyl (C=O) groups excluding carboxylic acids is 1. The molecule has 3 rings (SSSR count). The molecule has 0 aliphatic carbocycles. The second-order valence-electron chi connectivity index (χ2n) is 7.04. The molecule has 1 atom stereocenters. The first-order valence-corrected chi connectivity index (χ1v) is 9.97. The molecule has 0 aromatic heterocycles. The lowest BCUT2D eigenvalue weighted by atomic mass is 9.94. The van der Waals surface area contributed by atoms with Crippen LogP contribution in [0.3, 0.4) is 0 Å². The van der Waals surface area contributed by atoms with E-state index in [4.69, 9.17) is 21.1 Å². The van der Waals surface area contributed by atoms with E-state index in [0.717, 1.165) is 42.9 Å². The second-order valence-corrected chi connectivity index (χ2v) is 7.47. The number of hydrogen-bond donors (Lipinski definition) is 1. The van der Waals surface area contributed by atoms with Crippen LogP contribution >= 0.6 is 11.6 Å². The van der Waals surface area contributed by atoms with E-state index in [-0.39, 0.29) is 6.03 Å². The number of halogens is 1. The fraction of sp³-hybridized carbons (Fsp3) is 0.409. The third kappa shape index (κ3) is 5.10. The Kier molecular flexibility index (Phi) is 7.04. The first-order valence-electron chi connectivity index (χ1n) is 9.60. The van der Waals surface area contributed by atoms with Crippen molar-refractivity contribution in [1.82, 2.24) is 10.2 Å². The molecule has 0 radical (unpaired) electrons. The summed E-state index contributed by atoms with van der Waals surface area (Å²) in [6.45, 7) is 1.95. The quantitative estimate of drug-likeness (QED) is 0.778. The average Bonchev–Trinajstić information content (AvgIpc) is 2.98. The van der Waals surface area contributed by atoms with E-state index in [9.17, 15) is 4.79 Å². The summed E-state index contributed by atoms with van der Waals surface area (Å²) in [5.41, 5.74) is 2.21. The van der Waals surface area contributed by atoms with Crippen LogP contribution in [0.5, 0.6) is 11.5 Å². The van der Waals surface area contributed by atoms with E-state index in [2.05, 4.69) is 17.4 Å². The molecule has 1 heterocycles. The molecule has 28 heavy (non-hydrogen) atoms. The molecule has 1 saturated heterocycles. The summed E-state index contributed by atoms with van der Waals surface area (Å²) >= 11 is 6.01. The van der Waals surface area contributed by atoms with Crippen LogP contribution in [0, 0.1) is 0 Å². The zero-order chi connectivity index (χ0) is 19.9. The predicted octanol–water partition coefficient (Wildman–Crippen LogP) is 4.84. The van der Waals surface area contributed by atoms with Gasteiger partial charge in [0.05, 0.1) is 14.2 Å². The Bertz CT molecular complexity index is 795. The molecule has 0 saturated carbocycles. The summed E-state index contributed by atoms with van der Waals surface area (Å²) in [7, 11) is 3.21. The van der Waals surface area contributed by atoms with Gasteiger partial charge in [-0.2, -0.15) is 0 Å². The van der Waals surface area contributed by atoms with Gasteiger partial charge in [-0.1, -0.05) is 36.2 Å². The van der Waals surface area contributed by atoms with E-state index >= 15 is 0 Å². The maximum absolute atomic E-state index is 12.8. The number of likely N-dealkylation sites (tertiary alicyclic amines) is 1. The van der Waals surface area contributed by atoms with Crippen molar-refractivity contribution < 1.29 is 14.3 Å². The fourth-order valence-corrected chi connectivity index (χ4v) is 3.74. The van der Waals surface area contributed by atoms with Gasteiger partial charge < -0.3 is 19.7 Å². The van der Waals surface area contributed by atoms with Crippen LogP contribution in [0.4, 0.5) is 4.79 Å². The van der Waals surface area contributed by atoms with Crippen molar-refractivity contribution in [3.8, 4) is 11.5 Å². The molecular weight excluding hydrogens is 376 g/mol. The van der Waals surface area contributed by atoms with Gasteiger partial charge in [0.25, 0.3) is 0 Å². The molecule has 150 valence electrons. The highest BCUT2D eigenvalue weighted by Gasteiger charge is 2.23. The number of urea groups is 1. The lowest BCUT2D eigenvalue weighted by molar-refractivity contribution is 0.197. The number of hydrogen-bond acceptors (Lipinski definition) is 3. The van der Waals surface area contributed by atoms with Crippen LogP contribution in [-0.2, 0) is 6.54 Å². The van der Waals surface area contributed by atoms with Gasteiger partial charge in [0.2, 0.25) is 0 Å². The molecule has 2 amide bonds. The zero-order valence-electron chi connectivity index (χ0n) is 16.4. The van der Waals surface area contributed by atoms with Crippen LogP contribution in [0.1, 0.15) is 36.3 Å². The molecule has 1 N–H and O–H groups in total. The maximum Gasteiger partial charge on any atom is 0.317 e. The number of nitrogens with one attached hydrogen (secondary N) is 1. The van der Waals surface area contributed by atoms with Crippen molar-refractivity contribution in [2.24, 2.45) is 0 Å². The normalized spacial score (nSPS) is 17.0. The van der Waals surface area contributed by atoms with E-state index in [1.807, 2.05) is 35.2 Å². The lowest BCUT2D eigenvalue weighted by Crippen LogP contribution is -2.41. The van der Waals surface area contributed by atoms with Crippen LogP contribution in [0.15, 0.2) is 42.5 Å². The third-order valence-electron chi connectivity index (χ3n) is 5.19. The highest BCUT2D eigenvalue weighted by Crippen LogP contribution is 2.29.